The van der Waals surface area contributed by atoms with Crippen LogP contribution in [-0.2, 0) is 22.4 Å². The zero-order chi connectivity index (χ0) is 18.7. The molecule has 0 radical (unpaired) electrons. The molecule has 2 N–H and O–H groups in total. The third kappa shape index (κ3) is 4.17. The van der Waals surface area contributed by atoms with E-state index in [9.17, 15) is 9.59 Å². The Hall–Kier alpha value is -1.67. The summed E-state index contributed by atoms with van der Waals surface area (Å²) in [6, 6.07) is -0.535. The van der Waals surface area contributed by atoms with E-state index in [0.29, 0.717) is 6.54 Å². The first-order valence-corrected chi connectivity index (χ1v) is 10.8. The third-order valence-electron chi connectivity index (χ3n) is 4.30. The van der Waals surface area contributed by atoms with Crippen molar-refractivity contribution in [3.63, 3.8) is 0 Å². The first kappa shape index (κ1) is 19.1. The number of fused-ring (bicyclic) bond motifs is 3. The van der Waals surface area contributed by atoms with Crippen molar-refractivity contribution >= 4 is 45.1 Å². The first-order valence-electron chi connectivity index (χ1n) is 8.98. The van der Waals surface area contributed by atoms with E-state index in [1.165, 1.54) is 28.6 Å². The maximum atomic E-state index is 12.2. The lowest BCUT2D eigenvalue weighted by atomic mass is 10.2. The van der Waals surface area contributed by atoms with Crippen molar-refractivity contribution in [3.05, 3.63) is 16.3 Å². The summed E-state index contributed by atoms with van der Waals surface area (Å²) >= 11 is 3.18. The summed E-state index contributed by atoms with van der Waals surface area (Å²) in [5.74, 6) is 0.654. The third-order valence-corrected chi connectivity index (χ3v) is 6.46. The van der Waals surface area contributed by atoms with E-state index in [0.717, 1.165) is 40.3 Å². The van der Waals surface area contributed by atoms with Gasteiger partial charge in [-0.05, 0) is 45.1 Å². The molecule has 0 spiro atoms. The molecule has 0 aromatic carbocycles. The molecule has 2 amide bonds. The van der Waals surface area contributed by atoms with Crippen molar-refractivity contribution in [3.8, 4) is 0 Å². The topological polar surface area (TPSA) is 84.0 Å². The molecular weight excluding hydrogens is 368 g/mol. The van der Waals surface area contributed by atoms with Crippen LogP contribution in [0.1, 0.15) is 43.0 Å². The molecule has 2 heterocycles. The number of nitrogens with one attached hydrogen (secondary N) is 2. The Labute approximate surface area is 161 Å². The lowest BCUT2D eigenvalue weighted by Gasteiger charge is -2.13. The molecule has 6 nitrogen and oxygen atoms in total. The highest BCUT2D eigenvalue weighted by molar-refractivity contribution is 8.00. The number of carbonyl (C=O) groups is 2. The number of thioether (sulfide) groups is 1. The number of rotatable bonds is 7. The molecule has 0 bridgehead atoms. The van der Waals surface area contributed by atoms with Crippen molar-refractivity contribution in [2.45, 2.75) is 57.5 Å². The summed E-state index contributed by atoms with van der Waals surface area (Å²) in [6.45, 7) is 6.20. The molecule has 0 aliphatic heterocycles. The molecule has 0 unspecified atom stereocenters. The SMILES string of the molecule is CCCNC(=O)[C@@H](C)NC(=O)CSc1nc(C)nc2sc3c(c12)CCC3. The second-order valence-electron chi connectivity index (χ2n) is 6.48. The van der Waals surface area contributed by atoms with Crippen LogP contribution in [-0.4, -0.2) is 40.1 Å². The summed E-state index contributed by atoms with van der Waals surface area (Å²) in [6.07, 6.45) is 4.23. The average molecular weight is 393 g/mol. The van der Waals surface area contributed by atoms with Crippen LogP contribution in [0.4, 0.5) is 0 Å². The van der Waals surface area contributed by atoms with E-state index < -0.39 is 6.04 Å². The lowest BCUT2D eigenvalue weighted by Crippen LogP contribution is -2.45. The van der Waals surface area contributed by atoms with Gasteiger partial charge in [-0.1, -0.05) is 18.7 Å². The zero-order valence-electron chi connectivity index (χ0n) is 15.3. The van der Waals surface area contributed by atoms with Gasteiger partial charge >= 0.3 is 0 Å². The molecule has 8 heteroatoms. The van der Waals surface area contributed by atoms with Crippen LogP contribution in [0.3, 0.4) is 0 Å². The van der Waals surface area contributed by atoms with E-state index in [4.69, 9.17) is 0 Å². The van der Waals surface area contributed by atoms with Crippen LogP contribution in [0, 0.1) is 6.92 Å². The van der Waals surface area contributed by atoms with Crippen LogP contribution in [0.15, 0.2) is 5.03 Å². The number of carbonyl (C=O) groups excluding carboxylic acids is 2. The molecule has 0 saturated heterocycles. The summed E-state index contributed by atoms with van der Waals surface area (Å²) < 4.78 is 0. The van der Waals surface area contributed by atoms with Crippen molar-refractivity contribution in [2.75, 3.05) is 12.3 Å². The summed E-state index contributed by atoms with van der Waals surface area (Å²) in [4.78, 5) is 35.7. The Kier molecular flexibility index (Phi) is 6.13. The van der Waals surface area contributed by atoms with Crippen molar-refractivity contribution < 1.29 is 9.59 Å². The number of hydrogen-bond donors (Lipinski definition) is 2. The number of hydrogen-bond acceptors (Lipinski definition) is 6. The number of aryl methyl sites for hydroxylation is 3. The van der Waals surface area contributed by atoms with Gasteiger partial charge in [0.15, 0.2) is 0 Å². The van der Waals surface area contributed by atoms with Gasteiger partial charge in [0.05, 0.1) is 5.75 Å². The second kappa shape index (κ2) is 8.35. The van der Waals surface area contributed by atoms with Crippen LogP contribution in [0.2, 0.25) is 0 Å². The average Bonchev–Trinajstić information content (AvgIpc) is 3.17. The first-order chi connectivity index (χ1) is 12.5. The van der Waals surface area contributed by atoms with Crippen LogP contribution in [0.5, 0.6) is 0 Å². The minimum absolute atomic E-state index is 0.152. The predicted octanol–water partition coefficient (Wildman–Crippen LogP) is 2.61. The van der Waals surface area contributed by atoms with Crippen molar-refractivity contribution in [2.24, 2.45) is 0 Å². The molecule has 0 fully saturated rings. The minimum Gasteiger partial charge on any atom is -0.354 e. The Balaban J connectivity index is 1.66. The van der Waals surface area contributed by atoms with E-state index in [1.807, 2.05) is 13.8 Å². The zero-order valence-corrected chi connectivity index (χ0v) is 17.0. The highest BCUT2D eigenvalue weighted by Gasteiger charge is 2.23. The van der Waals surface area contributed by atoms with Gasteiger partial charge in [-0.3, -0.25) is 9.59 Å². The Morgan fingerprint density at radius 3 is 2.88 bits per heavy atom. The van der Waals surface area contributed by atoms with Crippen molar-refractivity contribution in [1.82, 2.24) is 20.6 Å². The highest BCUT2D eigenvalue weighted by Crippen LogP contribution is 2.40. The van der Waals surface area contributed by atoms with Crippen molar-refractivity contribution in [1.29, 1.82) is 0 Å². The van der Waals surface area contributed by atoms with Crippen LogP contribution in [0.25, 0.3) is 10.2 Å². The lowest BCUT2D eigenvalue weighted by molar-refractivity contribution is -0.127. The number of amides is 2. The molecule has 140 valence electrons. The fraction of sp³-hybridized carbons (Fsp3) is 0.556. The Bertz CT molecular complexity index is 834. The molecule has 26 heavy (non-hydrogen) atoms. The van der Waals surface area contributed by atoms with Gasteiger partial charge in [-0.25, -0.2) is 9.97 Å². The second-order valence-corrected chi connectivity index (χ2v) is 8.53. The number of aromatic nitrogens is 2. The molecular formula is C18H24N4O2S2. The van der Waals surface area contributed by atoms with E-state index >= 15 is 0 Å². The standard InChI is InChI=1S/C18H24N4O2S2/c1-4-8-19-16(24)10(2)20-14(23)9-25-17-15-12-6-5-7-13(12)26-18(15)22-11(3)21-17/h10H,4-9H2,1-3H3,(H,19,24)(H,20,23)/t10-/m1/s1. The molecule has 1 atom stereocenters. The quantitative estimate of drug-likeness (QED) is 0.559. The summed E-state index contributed by atoms with van der Waals surface area (Å²) in [7, 11) is 0. The van der Waals surface area contributed by atoms with Gasteiger partial charge in [-0.2, -0.15) is 0 Å². The van der Waals surface area contributed by atoms with Gasteiger partial charge < -0.3 is 10.6 Å². The monoisotopic (exact) mass is 392 g/mol. The number of thiophene rings is 1. The molecule has 2 aromatic heterocycles. The summed E-state index contributed by atoms with van der Waals surface area (Å²) in [5, 5.41) is 7.55. The Morgan fingerprint density at radius 1 is 1.31 bits per heavy atom. The predicted molar refractivity (Wildman–Crippen MR) is 106 cm³/mol. The van der Waals surface area contributed by atoms with Gasteiger partial charge in [-0.15, -0.1) is 11.3 Å². The smallest absolute Gasteiger partial charge is 0.242 e. The van der Waals surface area contributed by atoms with Crippen LogP contribution >= 0.6 is 23.1 Å². The molecule has 0 saturated carbocycles. The van der Waals surface area contributed by atoms with Gasteiger partial charge in [0.1, 0.15) is 21.7 Å². The van der Waals surface area contributed by atoms with E-state index in [1.54, 1.807) is 18.3 Å². The number of nitrogens with zero attached hydrogens (tertiary/aromatic N) is 2. The molecule has 1 aliphatic rings. The molecule has 2 aromatic rings. The highest BCUT2D eigenvalue weighted by atomic mass is 32.2. The fourth-order valence-corrected chi connectivity index (χ4v) is 5.34. The normalized spacial score (nSPS) is 14.3. The maximum Gasteiger partial charge on any atom is 0.242 e. The molecule has 3 rings (SSSR count). The van der Waals surface area contributed by atoms with Gasteiger partial charge in [0, 0.05) is 16.8 Å². The minimum atomic E-state index is -0.535. The fourth-order valence-electron chi connectivity index (χ4n) is 3.05. The van der Waals surface area contributed by atoms with E-state index in [2.05, 4.69) is 20.6 Å². The van der Waals surface area contributed by atoms with Gasteiger partial charge in [0.2, 0.25) is 11.8 Å². The van der Waals surface area contributed by atoms with Crippen LogP contribution < -0.4 is 10.6 Å². The Morgan fingerprint density at radius 2 is 2.12 bits per heavy atom. The van der Waals surface area contributed by atoms with E-state index in [-0.39, 0.29) is 17.6 Å². The largest absolute Gasteiger partial charge is 0.354 e. The van der Waals surface area contributed by atoms with Gasteiger partial charge in [0.25, 0.3) is 0 Å². The summed E-state index contributed by atoms with van der Waals surface area (Å²) in [5.41, 5.74) is 1.36. The maximum absolute atomic E-state index is 12.2. The molecule has 1 aliphatic carbocycles.